The van der Waals surface area contributed by atoms with Crippen LogP contribution in [0.1, 0.15) is 57.5 Å². The van der Waals surface area contributed by atoms with Crippen molar-refractivity contribution in [2.75, 3.05) is 12.3 Å². The van der Waals surface area contributed by atoms with Gasteiger partial charge in [0.25, 0.3) is 0 Å². The summed E-state index contributed by atoms with van der Waals surface area (Å²) in [5.74, 6) is 3.42. The molecular weight excluding hydrogens is 392 g/mol. The summed E-state index contributed by atoms with van der Waals surface area (Å²) in [4.78, 5) is 12.5. The van der Waals surface area contributed by atoms with Gasteiger partial charge in [-0.2, -0.15) is 0 Å². The number of rotatable bonds is 6. The highest BCUT2D eigenvalue weighted by molar-refractivity contribution is 7.99. The predicted octanol–water partition coefficient (Wildman–Crippen LogP) is 4.94. The van der Waals surface area contributed by atoms with Crippen LogP contribution in [0, 0.1) is 19.8 Å². The van der Waals surface area contributed by atoms with Crippen LogP contribution in [0.3, 0.4) is 0 Å². The Kier molecular flexibility index (Phi) is 5.15. The molecule has 3 aliphatic rings. The molecule has 1 unspecified atom stereocenters. The smallest absolute Gasteiger partial charge is 0.230 e. The summed E-state index contributed by atoms with van der Waals surface area (Å²) in [6.07, 6.45) is 1.10. The van der Waals surface area contributed by atoms with Crippen LogP contribution < -0.4 is 5.32 Å². The van der Waals surface area contributed by atoms with Gasteiger partial charge in [-0.25, -0.2) is 0 Å². The summed E-state index contributed by atoms with van der Waals surface area (Å²) in [6.45, 7) is 4.60. The summed E-state index contributed by atoms with van der Waals surface area (Å²) in [7, 11) is 0. The number of thioether (sulfide) groups is 1. The van der Waals surface area contributed by atoms with Crippen LogP contribution in [0.4, 0.5) is 0 Å². The molecule has 0 aliphatic heterocycles. The summed E-state index contributed by atoms with van der Waals surface area (Å²) in [6, 6.07) is 17.7. The van der Waals surface area contributed by atoms with E-state index < -0.39 is 0 Å². The number of benzene rings is 2. The molecule has 5 heteroatoms. The number of nitrogens with zero attached hydrogens (tertiary/aromatic N) is 1. The van der Waals surface area contributed by atoms with Gasteiger partial charge in [0, 0.05) is 29.7 Å². The number of amides is 1. The van der Waals surface area contributed by atoms with E-state index in [0.717, 1.165) is 35.7 Å². The third-order valence-corrected chi connectivity index (χ3v) is 7.60. The summed E-state index contributed by atoms with van der Waals surface area (Å²) in [5.41, 5.74) is 7.85. The maximum absolute atomic E-state index is 12.5. The van der Waals surface area contributed by atoms with Gasteiger partial charge in [0.05, 0.1) is 11.4 Å². The monoisotopic (exact) mass is 418 g/mol. The van der Waals surface area contributed by atoms with Crippen molar-refractivity contribution in [1.82, 2.24) is 10.5 Å². The van der Waals surface area contributed by atoms with Crippen molar-refractivity contribution >= 4 is 17.7 Å². The van der Waals surface area contributed by atoms with Crippen LogP contribution >= 0.6 is 11.8 Å². The highest BCUT2D eigenvalue weighted by atomic mass is 32.2. The second-order valence-electron chi connectivity index (χ2n) is 8.38. The Labute approximate surface area is 181 Å². The van der Waals surface area contributed by atoms with Crippen molar-refractivity contribution in [2.45, 2.75) is 37.9 Å². The van der Waals surface area contributed by atoms with E-state index in [-0.39, 0.29) is 5.91 Å². The molecule has 4 nitrogen and oxygen atoms in total. The quantitative estimate of drug-likeness (QED) is 0.616. The highest BCUT2D eigenvalue weighted by Crippen LogP contribution is 2.55. The van der Waals surface area contributed by atoms with Gasteiger partial charge in [0.1, 0.15) is 5.76 Å². The molecule has 0 radical (unpaired) electrons. The zero-order valence-corrected chi connectivity index (χ0v) is 18.2. The first-order valence-electron chi connectivity index (χ1n) is 10.6. The van der Waals surface area contributed by atoms with Crippen LogP contribution in [-0.2, 0) is 10.5 Å². The van der Waals surface area contributed by atoms with Crippen LogP contribution in [0.5, 0.6) is 0 Å². The van der Waals surface area contributed by atoms with Gasteiger partial charge in [-0.3, -0.25) is 4.79 Å². The fourth-order valence-electron chi connectivity index (χ4n) is 5.21. The largest absolute Gasteiger partial charge is 0.361 e. The summed E-state index contributed by atoms with van der Waals surface area (Å²) >= 11 is 1.61. The molecule has 30 heavy (non-hydrogen) atoms. The first-order chi connectivity index (χ1) is 14.6. The molecule has 3 aromatic rings. The lowest BCUT2D eigenvalue weighted by Crippen LogP contribution is -2.39. The zero-order valence-electron chi connectivity index (χ0n) is 17.4. The number of aryl methyl sites for hydroxylation is 2. The number of nitrogens with one attached hydrogen (secondary N) is 1. The number of aromatic nitrogens is 1. The van der Waals surface area contributed by atoms with Gasteiger partial charge in [-0.15, -0.1) is 11.8 Å². The van der Waals surface area contributed by atoms with Crippen molar-refractivity contribution in [3.63, 3.8) is 0 Å². The average molecular weight is 419 g/mol. The van der Waals surface area contributed by atoms with Crippen LogP contribution in [0.15, 0.2) is 53.1 Å². The number of carbonyl (C=O) groups is 1. The lowest BCUT2D eigenvalue weighted by molar-refractivity contribution is -0.118. The van der Waals surface area contributed by atoms with Crippen LogP contribution in [0.2, 0.25) is 0 Å². The molecule has 1 N–H and O–H groups in total. The molecule has 3 aliphatic carbocycles. The lowest BCUT2D eigenvalue weighted by Gasteiger charge is -2.45. The minimum absolute atomic E-state index is 0.106. The Balaban J connectivity index is 1.24. The molecule has 1 amide bonds. The molecule has 1 atom stereocenters. The van der Waals surface area contributed by atoms with Crippen LogP contribution in [-0.4, -0.2) is 23.4 Å². The topological polar surface area (TPSA) is 55.1 Å². The van der Waals surface area contributed by atoms with E-state index in [1.54, 1.807) is 11.8 Å². The van der Waals surface area contributed by atoms with Gasteiger partial charge in [-0.05, 0) is 48.4 Å². The van der Waals surface area contributed by atoms with Gasteiger partial charge in [0.15, 0.2) is 0 Å². The fraction of sp³-hybridized carbons (Fsp3) is 0.360. The minimum atomic E-state index is 0.106. The zero-order chi connectivity index (χ0) is 20.7. The standard InChI is InChI=1S/C25H26N2O2S/c1-15-23(16(2)29-27-15)13-30-14-24(28)26-12-17-11-22-18-7-3-5-9-20(18)25(17)21-10-6-4-8-19(21)22/h3-10,17,22,25H,11-14H2,1-2H3,(H,26,28). The Morgan fingerprint density at radius 3 is 2.30 bits per heavy atom. The second-order valence-corrected chi connectivity index (χ2v) is 9.37. The van der Waals surface area contributed by atoms with E-state index in [1.807, 2.05) is 13.8 Å². The first kappa shape index (κ1) is 19.4. The molecule has 0 saturated carbocycles. The van der Waals surface area contributed by atoms with E-state index in [2.05, 4.69) is 59.0 Å². The van der Waals surface area contributed by atoms with Crippen molar-refractivity contribution in [3.05, 3.63) is 87.8 Å². The predicted molar refractivity (Wildman–Crippen MR) is 120 cm³/mol. The number of carbonyl (C=O) groups excluding carboxylic acids is 1. The Morgan fingerprint density at radius 1 is 1.07 bits per heavy atom. The molecule has 2 bridgehead atoms. The Bertz CT molecular complexity index is 1020. The SMILES string of the molecule is Cc1noc(C)c1CSCC(=O)NCC1CC2c3ccccc3C1c1ccccc12. The van der Waals surface area contributed by atoms with E-state index in [1.165, 1.54) is 22.3 Å². The molecule has 0 spiro atoms. The first-order valence-corrected chi connectivity index (χ1v) is 11.7. The summed E-state index contributed by atoms with van der Waals surface area (Å²) in [5, 5.41) is 7.19. The minimum Gasteiger partial charge on any atom is -0.361 e. The number of hydrogen-bond donors (Lipinski definition) is 1. The van der Waals surface area contributed by atoms with Crippen molar-refractivity contribution in [3.8, 4) is 0 Å². The number of fused-ring (bicyclic) bond motifs is 1. The molecule has 0 saturated heterocycles. The van der Waals surface area contributed by atoms with E-state index in [9.17, 15) is 4.79 Å². The molecular formula is C25H26N2O2S. The summed E-state index contributed by atoms with van der Waals surface area (Å²) < 4.78 is 5.20. The average Bonchev–Trinajstić information content (AvgIpc) is 3.10. The van der Waals surface area contributed by atoms with Crippen LogP contribution in [0.25, 0.3) is 0 Å². The van der Waals surface area contributed by atoms with E-state index >= 15 is 0 Å². The molecule has 1 heterocycles. The third-order valence-electron chi connectivity index (χ3n) is 6.65. The third kappa shape index (κ3) is 3.35. The Morgan fingerprint density at radius 2 is 1.70 bits per heavy atom. The lowest BCUT2D eigenvalue weighted by atomic mass is 9.59. The van der Waals surface area contributed by atoms with Gasteiger partial charge in [-0.1, -0.05) is 53.7 Å². The Hall–Kier alpha value is -2.53. The van der Waals surface area contributed by atoms with Gasteiger partial charge in [0.2, 0.25) is 5.91 Å². The molecule has 154 valence electrons. The van der Waals surface area contributed by atoms with Crippen molar-refractivity contribution < 1.29 is 9.32 Å². The molecule has 6 rings (SSSR count). The second kappa shape index (κ2) is 7.95. The number of hydrogen-bond acceptors (Lipinski definition) is 4. The van der Waals surface area contributed by atoms with Crippen molar-refractivity contribution in [2.24, 2.45) is 5.92 Å². The van der Waals surface area contributed by atoms with E-state index in [0.29, 0.717) is 23.5 Å². The molecule has 0 fully saturated rings. The highest BCUT2D eigenvalue weighted by Gasteiger charge is 2.42. The molecule has 1 aromatic heterocycles. The van der Waals surface area contributed by atoms with E-state index in [4.69, 9.17) is 4.52 Å². The normalized spacial score (nSPS) is 21.2. The molecule has 2 aromatic carbocycles. The van der Waals surface area contributed by atoms with Crippen molar-refractivity contribution in [1.29, 1.82) is 0 Å². The van der Waals surface area contributed by atoms with Gasteiger partial charge < -0.3 is 9.84 Å². The maximum Gasteiger partial charge on any atom is 0.230 e. The van der Waals surface area contributed by atoms with Gasteiger partial charge >= 0.3 is 0 Å². The fourth-order valence-corrected chi connectivity index (χ4v) is 6.22. The maximum atomic E-state index is 12.5.